The van der Waals surface area contributed by atoms with E-state index in [4.69, 9.17) is 8.83 Å². The summed E-state index contributed by atoms with van der Waals surface area (Å²) in [5.74, 6) is 0. The second-order valence-electron chi connectivity index (χ2n) is 11.5. The van der Waals surface area contributed by atoms with Gasteiger partial charge in [0.15, 0.2) is 0 Å². The van der Waals surface area contributed by atoms with Crippen LogP contribution in [0.3, 0.4) is 0 Å². The average molecular weight is 593 g/mol. The third-order valence-corrected chi connectivity index (χ3v) is 8.96. The molecule has 6 heteroatoms. The maximum Gasteiger partial charge on any atom is 0.138 e. The predicted octanol–water partition coefficient (Wildman–Crippen LogP) is 10.8. The van der Waals surface area contributed by atoms with Gasteiger partial charge in [0.05, 0.1) is 11.0 Å². The highest BCUT2D eigenvalue weighted by atomic mass is 16.3. The van der Waals surface area contributed by atoms with Gasteiger partial charge in [-0.05, 0) is 66.7 Å². The summed E-state index contributed by atoms with van der Waals surface area (Å²) in [6.07, 6.45) is 7.24. The van der Waals surface area contributed by atoms with Crippen molar-refractivity contribution in [2.75, 3.05) is 4.90 Å². The van der Waals surface area contributed by atoms with Gasteiger partial charge in [0.1, 0.15) is 22.3 Å². The fraction of sp³-hybridized carbons (Fsp3) is 0. The van der Waals surface area contributed by atoms with E-state index in [-0.39, 0.29) is 0 Å². The van der Waals surface area contributed by atoms with Crippen molar-refractivity contribution >= 4 is 82.7 Å². The standard InChI is InChI=1S/C40H24N4O2/c1-2-6-25(7-3-1)44-35-9-5-4-8-29(35)30-13-10-26(20-36(30)44)43(27-11-14-31-33-23-41-18-16-37(33)45-39(31)21-27)28-12-15-32-34-24-42-19-17-38(34)46-40(32)22-28/h1-24H. The summed E-state index contributed by atoms with van der Waals surface area (Å²) < 4.78 is 15.0. The number of hydrogen-bond acceptors (Lipinski definition) is 5. The molecule has 0 aliphatic carbocycles. The molecular formula is C40H24N4O2. The number of pyridine rings is 2. The van der Waals surface area contributed by atoms with Gasteiger partial charge in [-0.15, -0.1) is 0 Å². The Kier molecular flexibility index (Phi) is 5.19. The van der Waals surface area contributed by atoms with E-state index in [1.165, 1.54) is 16.3 Å². The zero-order valence-electron chi connectivity index (χ0n) is 24.5. The number of rotatable bonds is 4. The van der Waals surface area contributed by atoms with E-state index in [0.717, 1.165) is 72.1 Å². The quantitative estimate of drug-likeness (QED) is 0.203. The Bertz CT molecular complexity index is 2660. The minimum atomic E-state index is 0.806. The van der Waals surface area contributed by atoms with E-state index >= 15 is 0 Å². The summed E-state index contributed by atoms with van der Waals surface area (Å²) in [5, 5.41) is 6.49. The minimum Gasteiger partial charge on any atom is -0.456 e. The molecule has 0 aliphatic rings. The van der Waals surface area contributed by atoms with Gasteiger partial charge >= 0.3 is 0 Å². The number of furan rings is 2. The topological polar surface area (TPSA) is 60.2 Å². The normalized spacial score (nSPS) is 11.9. The maximum absolute atomic E-state index is 6.32. The van der Waals surface area contributed by atoms with Gasteiger partial charge in [0.2, 0.25) is 0 Å². The van der Waals surface area contributed by atoms with Crippen molar-refractivity contribution in [1.82, 2.24) is 14.5 Å². The van der Waals surface area contributed by atoms with Crippen LogP contribution in [0.25, 0.3) is 71.4 Å². The van der Waals surface area contributed by atoms with Gasteiger partial charge in [-0.1, -0.05) is 42.5 Å². The predicted molar refractivity (Wildman–Crippen MR) is 186 cm³/mol. The molecule has 0 saturated carbocycles. The molecule has 0 radical (unpaired) electrons. The lowest BCUT2D eigenvalue weighted by Crippen LogP contribution is -2.10. The first-order valence-corrected chi connectivity index (χ1v) is 15.2. The Hall–Kier alpha value is -6.40. The number of fused-ring (bicyclic) bond motifs is 9. The van der Waals surface area contributed by atoms with Crippen molar-refractivity contribution in [2.45, 2.75) is 0 Å². The molecule has 0 spiro atoms. The van der Waals surface area contributed by atoms with Crippen molar-refractivity contribution in [2.24, 2.45) is 0 Å². The lowest BCUT2D eigenvalue weighted by atomic mass is 10.1. The van der Waals surface area contributed by atoms with Crippen LogP contribution < -0.4 is 4.90 Å². The molecule has 0 unspecified atom stereocenters. The Balaban J connectivity index is 1.24. The highest BCUT2D eigenvalue weighted by Crippen LogP contribution is 2.42. The fourth-order valence-electron chi connectivity index (χ4n) is 6.90. The third kappa shape index (κ3) is 3.64. The van der Waals surface area contributed by atoms with E-state index < -0.39 is 0 Å². The molecule has 0 aliphatic heterocycles. The smallest absolute Gasteiger partial charge is 0.138 e. The lowest BCUT2D eigenvalue weighted by molar-refractivity contribution is 0.668. The van der Waals surface area contributed by atoms with Gasteiger partial charge in [-0.3, -0.25) is 9.97 Å². The molecule has 0 atom stereocenters. The first-order chi connectivity index (χ1) is 22.8. The molecule has 5 aromatic carbocycles. The highest BCUT2D eigenvalue weighted by Gasteiger charge is 2.20. The summed E-state index contributed by atoms with van der Waals surface area (Å²) in [7, 11) is 0. The number of benzene rings is 5. The monoisotopic (exact) mass is 592 g/mol. The van der Waals surface area contributed by atoms with Gasteiger partial charge in [0, 0.05) is 92.0 Å². The molecule has 6 nitrogen and oxygen atoms in total. The van der Waals surface area contributed by atoms with Crippen LogP contribution in [-0.2, 0) is 0 Å². The Morgan fingerprint density at radius 1 is 0.435 bits per heavy atom. The van der Waals surface area contributed by atoms with Crippen LogP contribution in [-0.4, -0.2) is 14.5 Å². The van der Waals surface area contributed by atoms with Crippen molar-refractivity contribution < 1.29 is 8.83 Å². The van der Waals surface area contributed by atoms with Crippen LogP contribution in [0.5, 0.6) is 0 Å². The van der Waals surface area contributed by atoms with E-state index in [0.29, 0.717) is 0 Å². The maximum atomic E-state index is 6.32. The molecule has 46 heavy (non-hydrogen) atoms. The Labute approximate surface area is 262 Å². The third-order valence-electron chi connectivity index (χ3n) is 8.96. The molecule has 10 aromatic rings. The van der Waals surface area contributed by atoms with Crippen molar-refractivity contribution in [3.8, 4) is 5.69 Å². The number of hydrogen-bond donors (Lipinski definition) is 0. The van der Waals surface area contributed by atoms with Crippen molar-refractivity contribution in [1.29, 1.82) is 0 Å². The van der Waals surface area contributed by atoms with E-state index in [1.807, 2.05) is 24.5 Å². The first-order valence-electron chi connectivity index (χ1n) is 15.2. The van der Waals surface area contributed by atoms with Crippen LogP contribution in [0.15, 0.2) is 155 Å². The molecule has 0 fully saturated rings. The number of anilines is 3. The molecule has 0 N–H and O–H groups in total. The van der Waals surface area contributed by atoms with Crippen LogP contribution in [0.1, 0.15) is 0 Å². The summed E-state index contributed by atoms with van der Waals surface area (Å²) in [6, 6.07) is 42.4. The number of para-hydroxylation sites is 2. The number of nitrogens with zero attached hydrogens (tertiary/aromatic N) is 4. The molecule has 5 aromatic heterocycles. The van der Waals surface area contributed by atoms with Crippen LogP contribution in [0, 0.1) is 0 Å². The van der Waals surface area contributed by atoms with Crippen LogP contribution in [0.2, 0.25) is 0 Å². The summed E-state index contributed by atoms with van der Waals surface area (Å²) in [4.78, 5) is 10.9. The number of aromatic nitrogens is 3. The summed E-state index contributed by atoms with van der Waals surface area (Å²) >= 11 is 0. The van der Waals surface area contributed by atoms with Crippen LogP contribution in [0.4, 0.5) is 17.1 Å². The Morgan fingerprint density at radius 2 is 0.978 bits per heavy atom. The van der Waals surface area contributed by atoms with Gasteiger partial charge in [0.25, 0.3) is 0 Å². The molecule has 10 rings (SSSR count). The minimum absolute atomic E-state index is 0.806. The first kappa shape index (κ1) is 25.0. The van der Waals surface area contributed by atoms with Crippen molar-refractivity contribution in [3.63, 3.8) is 0 Å². The van der Waals surface area contributed by atoms with E-state index in [2.05, 4.69) is 129 Å². The SMILES string of the molecule is c1ccc(-n2c3ccccc3c3ccc(N(c4ccc5c(c4)oc4ccncc45)c4ccc5c(c4)oc4ccncc45)cc32)cc1. The molecule has 0 bridgehead atoms. The van der Waals surface area contributed by atoms with E-state index in [9.17, 15) is 0 Å². The van der Waals surface area contributed by atoms with Gasteiger partial charge in [-0.2, -0.15) is 0 Å². The molecular weight excluding hydrogens is 568 g/mol. The zero-order chi connectivity index (χ0) is 30.2. The molecule has 5 heterocycles. The van der Waals surface area contributed by atoms with Crippen molar-refractivity contribution in [3.05, 3.63) is 146 Å². The fourth-order valence-corrected chi connectivity index (χ4v) is 6.90. The average Bonchev–Trinajstić information content (AvgIpc) is 3.77. The van der Waals surface area contributed by atoms with Crippen LogP contribution >= 0.6 is 0 Å². The second kappa shape index (κ2) is 9.55. The zero-order valence-corrected chi connectivity index (χ0v) is 24.5. The second-order valence-corrected chi connectivity index (χ2v) is 11.5. The molecule has 216 valence electrons. The lowest BCUT2D eigenvalue weighted by Gasteiger charge is -2.25. The highest BCUT2D eigenvalue weighted by molar-refractivity contribution is 6.11. The summed E-state index contributed by atoms with van der Waals surface area (Å²) in [6.45, 7) is 0. The van der Waals surface area contributed by atoms with E-state index in [1.54, 1.807) is 12.4 Å². The van der Waals surface area contributed by atoms with Gasteiger partial charge < -0.3 is 18.3 Å². The largest absolute Gasteiger partial charge is 0.456 e. The van der Waals surface area contributed by atoms with Gasteiger partial charge in [-0.25, -0.2) is 0 Å². The molecule has 0 amide bonds. The molecule has 0 saturated heterocycles. The Morgan fingerprint density at radius 3 is 1.63 bits per heavy atom. The summed E-state index contributed by atoms with van der Waals surface area (Å²) in [5.41, 5.74) is 9.62.